The van der Waals surface area contributed by atoms with Crippen molar-refractivity contribution in [1.82, 2.24) is 0 Å². The van der Waals surface area contributed by atoms with Gasteiger partial charge in [0.15, 0.2) is 0 Å². The molecule has 22 heavy (non-hydrogen) atoms. The van der Waals surface area contributed by atoms with Gasteiger partial charge < -0.3 is 15.6 Å². The van der Waals surface area contributed by atoms with Gasteiger partial charge in [-0.2, -0.15) is 0 Å². The van der Waals surface area contributed by atoms with Crippen LogP contribution in [0.25, 0.3) is 0 Å². The molecule has 0 aliphatic heterocycles. The van der Waals surface area contributed by atoms with Crippen LogP contribution in [0.15, 0.2) is 54.6 Å². The van der Waals surface area contributed by atoms with Crippen LogP contribution in [0.4, 0.5) is 4.79 Å². The van der Waals surface area contributed by atoms with Crippen molar-refractivity contribution in [2.24, 2.45) is 5.73 Å². The fraction of sp³-hybridized carbons (Fsp3) is 0.278. The van der Waals surface area contributed by atoms with Crippen molar-refractivity contribution in [2.75, 3.05) is 6.61 Å². The third kappa shape index (κ3) is 5.22. The van der Waals surface area contributed by atoms with E-state index in [9.17, 15) is 9.90 Å². The van der Waals surface area contributed by atoms with E-state index in [2.05, 4.69) is 22.9 Å². The first-order chi connectivity index (χ1) is 10.6. The maximum absolute atomic E-state index is 10.5. The molecule has 0 fully saturated rings. The summed E-state index contributed by atoms with van der Waals surface area (Å²) in [6, 6.07) is 18.2. The molecule has 0 bridgehead atoms. The standard InChI is InChI=1S/C18H21NO3/c19-18(21)22-12-11-17(20)16-8-4-7-15(13-16)10-9-14-5-2-1-3-6-14/h1-8,13,17,20H,9-12H2,(H2,19,21). The fourth-order valence-electron chi connectivity index (χ4n) is 2.33. The second-order valence-corrected chi connectivity index (χ2v) is 5.20. The molecule has 1 atom stereocenters. The zero-order chi connectivity index (χ0) is 15.8. The van der Waals surface area contributed by atoms with Crippen molar-refractivity contribution in [3.8, 4) is 0 Å². The molecule has 0 radical (unpaired) electrons. The lowest BCUT2D eigenvalue weighted by molar-refractivity contribution is 0.111. The minimum atomic E-state index is -0.816. The summed E-state index contributed by atoms with van der Waals surface area (Å²) >= 11 is 0. The van der Waals surface area contributed by atoms with Gasteiger partial charge in [0.2, 0.25) is 0 Å². The van der Waals surface area contributed by atoms with Gasteiger partial charge in [-0.05, 0) is 29.5 Å². The van der Waals surface area contributed by atoms with Crippen LogP contribution in [0.3, 0.4) is 0 Å². The van der Waals surface area contributed by atoms with E-state index in [1.54, 1.807) is 0 Å². The SMILES string of the molecule is NC(=O)OCCC(O)c1cccc(CCc2ccccc2)c1. The number of primary amides is 1. The summed E-state index contributed by atoms with van der Waals surface area (Å²) in [5.74, 6) is 0. The summed E-state index contributed by atoms with van der Waals surface area (Å²) < 4.78 is 4.65. The van der Waals surface area contributed by atoms with E-state index in [1.807, 2.05) is 36.4 Å². The van der Waals surface area contributed by atoms with E-state index in [-0.39, 0.29) is 6.61 Å². The number of benzene rings is 2. The molecule has 4 heteroatoms. The van der Waals surface area contributed by atoms with Gasteiger partial charge in [-0.15, -0.1) is 0 Å². The lowest BCUT2D eigenvalue weighted by Crippen LogP contribution is -2.15. The van der Waals surface area contributed by atoms with Crippen LogP contribution in [0.1, 0.15) is 29.2 Å². The molecule has 116 valence electrons. The average molecular weight is 299 g/mol. The molecule has 0 spiro atoms. The molecule has 0 aliphatic carbocycles. The normalized spacial score (nSPS) is 11.9. The van der Waals surface area contributed by atoms with Crippen LogP contribution in [-0.4, -0.2) is 17.8 Å². The molecule has 0 aliphatic rings. The van der Waals surface area contributed by atoms with Gasteiger partial charge in [-0.25, -0.2) is 4.79 Å². The first-order valence-electron chi connectivity index (χ1n) is 7.38. The van der Waals surface area contributed by atoms with Crippen LogP contribution in [-0.2, 0) is 17.6 Å². The highest BCUT2D eigenvalue weighted by Gasteiger charge is 2.09. The van der Waals surface area contributed by atoms with E-state index in [0.717, 1.165) is 18.4 Å². The van der Waals surface area contributed by atoms with Gasteiger partial charge in [-0.3, -0.25) is 0 Å². The molecule has 4 nitrogen and oxygen atoms in total. The first-order valence-corrected chi connectivity index (χ1v) is 7.38. The quantitative estimate of drug-likeness (QED) is 0.825. The number of aliphatic hydroxyl groups excluding tert-OH is 1. The number of hydrogen-bond donors (Lipinski definition) is 2. The second-order valence-electron chi connectivity index (χ2n) is 5.20. The maximum Gasteiger partial charge on any atom is 0.404 e. The summed E-state index contributed by atoms with van der Waals surface area (Å²) in [4.78, 5) is 10.5. The summed E-state index contributed by atoms with van der Waals surface area (Å²) in [7, 11) is 0. The Balaban J connectivity index is 1.90. The summed E-state index contributed by atoms with van der Waals surface area (Å²) in [6.07, 6.45) is 0.748. The molecule has 1 amide bonds. The lowest BCUT2D eigenvalue weighted by Gasteiger charge is -2.12. The lowest BCUT2D eigenvalue weighted by atomic mass is 9.99. The van der Waals surface area contributed by atoms with Gasteiger partial charge in [0, 0.05) is 6.42 Å². The van der Waals surface area contributed by atoms with Crippen molar-refractivity contribution in [1.29, 1.82) is 0 Å². The van der Waals surface area contributed by atoms with E-state index >= 15 is 0 Å². The Labute approximate surface area is 130 Å². The Hall–Kier alpha value is -2.33. The van der Waals surface area contributed by atoms with Gasteiger partial charge in [0.05, 0.1) is 12.7 Å². The first kappa shape index (κ1) is 16.0. The molecular formula is C18H21NO3. The molecule has 0 saturated carbocycles. The molecule has 0 heterocycles. The van der Waals surface area contributed by atoms with E-state index < -0.39 is 12.2 Å². The monoisotopic (exact) mass is 299 g/mol. The van der Waals surface area contributed by atoms with Gasteiger partial charge >= 0.3 is 6.09 Å². The number of hydrogen-bond acceptors (Lipinski definition) is 3. The molecule has 2 aromatic rings. The minimum Gasteiger partial charge on any atom is -0.450 e. The molecule has 0 saturated heterocycles. The number of carbonyl (C=O) groups is 1. The summed E-state index contributed by atoms with van der Waals surface area (Å²) in [6.45, 7) is 0.116. The average Bonchev–Trinajstić information content (AvgIpc) is 2.54. The molecule has 1 unspecified atom stereocenters. The topological polar surface area (TPSA) is 72.6 Å². The molecule has 3 N–H and O–H groups in total. The van der Waals surface area contributed by atoms with Crippen molar-refractivity contribution >= 4 is 6.09 Å². The number of ether oxygens (including phenoxy) is 1. The van der Waals surface area contributed by atoms with Crippen LogP contribution in [0.5, 0.6) is 0 Å². The van der Waals surface area contributed by atoms with E-state index in [4.69, 9.17) is 5.73 Å². The number of amides is 1. The molecular weight excluding hydrogens is 278 g/mol. The van der Waals surface area contributed by atoms with Gasteiger partial charge in [0.25, 0.3) is 0 Å². The fourth-order valence-corrected chi connectivity index (χ4v) is 2.33. The second kappa shape index (κ2) is 8.20. The highest BCUT2D eigenvalue weighted by atomic mass is 16.5. The van der Waals surface area contributed by atoms with E-state index in [1.165, 1.54) is 11.1 Å². The smallest absolute Gasteiger partial charge is 0.404 e. The highest BCUT2D eigenvalue weighted by molar-refractivity contribution is 5.64. The number of nitrogens with two attached hydrogens (primary N) is 1. The molecule has 2 rings (SSSR count). The third-order valence-electron chi connectivity index (χ3n) is 3.52. The zero-order valence-electron chi connectivity index (χ0n) is 12.4. The van der Waals surface area contributed by atoms with Crippen LogP contribution in [0, 0.1) is 0 Å². The number of aryl methyl sites for hydroxylation is 2. The van der Waals surface area contributed by atoms with Crippen molar-refractivity contribution < 1.29 is 14.6 Å². The Morgan fingerprint density at radius 2 is 1.73 bits per heavy atom. The number of rotatable bonds is 7. The molecule has 2 aromatic carbocycles. The van der Waals surface area contributed by atoms with Crippen LogP contribution < -0.4 is 5.73 Å². The molecule has 0 aromatic heterocycles. The minimum absolute atomic E-state index is 0.116. The van der Waals surface area contributed by atoms with Gasteiger partial charge in [-0.1, -0.05) is 54.6 Å². The Morgan fingerprint density at radius 3 is 2.45 bits per heavy atom. The summed E-state index contributed by atoms with van der Waals surface area (Å²) in [5.41, 5.74) is 8.20. The summed E-state index contributed by atoms with van der Waals surface area (Å²) in [5, 5.41) is 10.1. The highest BCUT2D eigenvalue weighted by Crippen LogP contribution is 2.19. The largest absolute Gasteiger partial charge is 0.450 e. The Kier molecular flexibility index (Phi) is 5.98. The third-order valence-corrected chi connectivity index (χ3v) is 3.52. The Bertz CT molecular complexity index is 598. The predicted molar refractivity (Wildman–Crippen MR) is 85.4 cm³/mol. The van der Waals surface area contributed by atoms with Crippen molar-refractivity contribution in [3.05, 3.63) is 71.3 Å². The maximum atomic E-state index is 10.5. The van der Waals surface area contributed by atoms with Gasteiger partial charge in [0.1, 0.15) is 0 Å². The van der Waals surface area contributed by atoms with E-state index in [0.29, 0.717) is 6.42 Å². The van der Waals surface area contributed by atoms with Crippen LogP contribution >= 0.6 is 0 Å². The number of carbonyl (C=O) groups excluding carboxylic acids is 1. The van der Waals surface area contributed by atoms with Crippen LogP contribution in [0.2, 0.25) is 0 Å². The predicted octanol–water partition coefficient (Wildman–Crippen LogP) is 2.99. The zero-order valence-corrected chi connectivity index (χ0v) is 12.4. The number of aliphatic hydroxyl groups is 1. The Morgan fingerprint density at radius 1 is 1.05 bits per heavy atom. The van der Waals surface area contributed by atoms with Crippen molar-refractivity contribution in [2.45, 2.75) is 25.4 Å². The van der Waals surface area contributed by atoms with Crippen molar-refractivity contribution in [3.63, 3.8) is 0 Å².